The van der Waals surface area contributed by atoms with E-state index in [9.17, 15) is 25.0 Å². The first-order chi connectivity index (χ1) is 14.4. The minimum absolute atomic E-state index is 0.0253. The zero-order valence-corrected chi connectivity index (χ0v) is 16.1. The van der Waals surface area contributed by atoms with Crippen LogP contribution < -0.4 is 0 Å². The minimum atomic E-state index is -0.732. The molecule has 1 aliphatic heterocycles. The highest BCUT2D eigenvalue weighted by Gasteiger charge is 2.32. The molecule has 0 saturated carbocycles. The molecule has 11 heteroatoms. The standard InChI is InChI=1S/C19H18N6O5/c1-12-15(9-14(24(27)28)10-16(12)25(29)30)19(26)22-7-4-5-13(11-22)18-21-20-17-6-2-3-8-23(17)18/h2-3,6,8-10,13H,4-5,7,11H2,1H3. The third-order valence-corrected chi connectivity index (χ3v) is 5.42. The topological polar surface area (TPSA) is 137 Å². The number of nitro benzene ring substituents is 2. The fourth-order valence-electron chi connectivity index (χ4n) is 3.88. The van der Waals surface area contributed by atoms with E-state index in [0.29, 0.717) is 25.2 Å². The number of rotatable bonds is 4. The Morgan fingerprint density at radius 1 is 1.17 bits per heavy atom. The number of nitro groups is 2. The monoisotopic (exact) mass is 410 g/mol. The molecule has 0 N–H and O–H groups in total. The zero-order chi connectivity index (χ0) is 21.4. The lowest BCUT2D eigenvalue weighted by atomic mass is 9.95. The second-order valence-electron chi connectivity index (χ2n) is 7.23. The Labute approximate surface area is 170 Å². The maximum absolute atomic E-state index is 13.2. The second-order valence-corrected chi connectivity index (χ2v) is 7.23. The van der Waals surface area contributed by atoms with Gasteiger partial charge in [-0.15, -0.1) is 10.2 Å². The van der Waals surface area contributed by atoms with Crippen LogP contribution in [0.15, 0.2) is 36.5 Å². The molecule has 1 saturated heterocycles. The number of nitrogens with zero attached hydrogens (tertiary/aromatic N) is 6. The van der Waals surface area contributed by atoms with Crippen molar-refractivity contribution in [1.82, 2.24) is 19.5 Å². The van der Waals surface area contributed by atoms with Crippen molar-refractivity contribution in [3.05, 3.63) is 73.7 Å². The predicted molar refractivity (Wildman–Crippen MR) is 105 cm³/mol. The van der Waals surface area contributed by atoms with Crippen molar-refractivity contribution in [3.63, 3.8) is 0 Å². The van der Waals surface area contributed by atoms with E-state index in [1.807, 2.05) is 28.8 Å². The first-order valence-corrected chi connectivity index (χ1v) is 9.39. The summed E-state index contributed by atoms with van der Waals surface area (Å²) in [5, 5.41) is 31.0. The van der Waals surface area contributed by atoms with Gasteiger partial charge in [0.05, 0.1) is 21.5 Å². The number of pyridine rings is 1. The summed E-state index contributed by atoms with van der Waals surface area (Å²) in [7, 11) is 0. The van der Waals surface area contributed by atoms with Gasteiger partial charge in [-0.25, -0.2) is 0 Å². The van der Waals surface area contributed by atoms with E-state index >= 15 is 0 Å². The summed E-state index contributed by atoms with van der Waals surface area (Å²) in [5.41, 5.74) is -0.119. The van der Waals surface area contributed by atoms with E-state index in [2.05, 4.69) is 10.2 Å². The van der Waals surface area contributed by atoms with Gasteiger partial charge in [0.15, 0.2) is 5.65 Å². The fraction of sp³-hybridized carbons (Fsp3) is 0.316. The molecule has 0 spiro atoms. The Morgan fingerprint density at radius 3 is 2.70 bits per heavy atom. The summed E-state index contributed by atoms with van der Waals surface area (Å²) in [4.78, 5) is 35.9. The van der Waals surface area contributed by atoms with E-state index in [1.54, 1.807) is 4.90 Å². The molecule has 1 amide bonds. The van der Waals surface area contributed by atoms with Gasteiger partial charge in [0.1, 0.15) is 5.82 Å². The number of benzene rings is 1. The number of non-ortho nitro benzene ring substituents is 1. The minimum Gasteiger partial charge on any atom is -0.338 e. The molecule has 11 nitrogen and oxygen atoms in total. The van der Waals surface area contributed by atoms with E-state index in [1.165, 1.54) is 6.92 Å². The number of piperidine rings is 1. The van der Waals surface area contributed by atoms with Crippen LogP contribution in [0.25, 0.3) is 5.65 Å². The molecule has 30 heavy (non-hydrogen) atoms. The van der Waals surface area contributed by atoms with Gasteiger partial charge in [-0.05, 0) is 31.9 Å². The molecular formula is C19H18N6O5. The summed E-state index contributed by atoms with van der Waals surface area (Å²) in [5.74, 6) is 0.219. The number of carbonyl (C=O) groups excluding carboxylic acids is 1. The molecule has 4 rings (SSSR count). The maximum atomic E-state index is 13.2. The first-order valence-electron chi connectivity index (χ1n) is 9.39. The van der Waals surface area contributed by atoms with Gasteiger partial charge >= 0.3 is 0 Å². The lowest BCUT2D eigenvalue weighted by Gasteiger charge is -2.32. The highest BCUT2D eigenvalue weighted by Crippen LogP contribution is 2.31. The SMILES string of the molecule is Cc1c(C(=O)N2CCCC(c3nnc4ccccn34)C2)cc([N+](=O)[O-])cc1[N+](=O)[O-]. The number of carbonyl (C=O) groups is 1. The van der Waals surface area contributed by atoms with Crippen LogP contribution in [0.2, 0.25) is 0 Å². The molecule has 0 radical (unpaired) electrons. The Kier molecular flexibility index (Phi) is 4.86. The molecule has 1 unspecified atom stereocenters. The predicted octanol–water partition coefficient (Wildman–Crippen LogP) is 2.87. The van der Waals surface area contributed by atoms with Gasteiger partial charge in [0.25, 0.3) is 17.3 Å². The molecule has 154 valence electrons. The van der Waals surface area contributed by atoms with Crippen molar-refractivity contribution in [2.24, 2.45) is 0 Å². The molecule has 3 heterocycles. The van der Waals surface area contributed by atoms with Gasteiger partial charge in [-0.2, -0.15) is 0 Å². The van der Waals surface area contributed by atoms with Gasteiger partial charge in [0.2, 0.25) is 0 Å². The highest BCUT2D eigenvalue weighted by atomic mass is 16.6. The van der Waals surface area contributed by atoms with Crippen LogP contribution in [-0.4, -0.2) is 48.3 Å². The smallest absolute Gasteiger partial charge is 0.279 e. The van der Waals surface area contributed by atoms with Crippen LogP contribution in [0.4, 0.5) is 11.4 Å². The van der Waals surface area contributed by atoms with Gasteiger partial charge in [-0.3, -0.25) is 29.4 Å². The van der Waals surface area contributed by atoms with Crippen molar-refractivity contribution in [3.8, 4) is 0 Å². The molecular weight excluding hydrogens is 392 g/mol. The normalized spacial score (nSPS) is 16.6. The van der Waals surface area contributed by atoms with Crippen molar-refractivity contribution in [1.29, 1.82) is 0 Å². The van der Waals surface area contributed by atoms with Crippen molar-refractivity contribution in [2.45, 2.75) is 25.7 Å². The molecule has 1 aliphatic rings. The molecule has 3 aromatic rings. The molecule has 1 fully saturated rings. The molecule has 0 aliphatic carbocycles. The number of amides is 1. The average Bonchev–Trinajstić information content (AvgIpc) is 3.17. The van der Waals surface area contributed by atoms with Crippen molar-refractivity contribution < 1.29 is 14.6 Å². The summed E-state index contributed by atoms with van der Waals surface area (Å²) in [6.07, 6.45) is 3.39. The third kappa shape index (κ3) is 3.34. The first kappa shape index (κ1) is 19.4. The quantitative estimate of drug-likeness (QED) is 0.476. The molecule has 1 aromatic carbocycles. The largest absolute Gasteiger partial charge is 0.338 e. The average molecular weight is 410 g/mol. The van der Waals surface area contributed by atoms with E-state index in [0.717, 1.165) is 24.4 Å². The zero-order valence-electron chi connectivity index (χ0n) is 16.1. The van der Waals surface area contributed by atoms with Crippen LogP contribution >= 0.6 is 0 Å². The van der Waals surface area contributed by atoms with Crippen LogP contribution in [-0.2, 0) is 0 Å². The molecule has 1 atom stereocenters. The second kappa shape index (κ2) is 7.50. The summed E-state index contributed by atoms with van der Waals surface area (Å²) >= 11 is 0. The Morgan fingerprint density at radius 2 is 1.97 bits per heavy atom. The van der Waals surface area contributed by atoms with Crippen LogP contribution in [0, 0.1) is 27.2 Å². The summed E-state index contributed by atoms with van der Waals surface area (Å²) in [6, 6.07) is 7.57. The van der Waals surface area contributed by atoms with Gasteiger partial charge in [-0.1, -0.05) is 6.07 Å². The summed E-state index contributed by atoms with van der Waals surface area (Å²) < 4.78 is 1.88. The van der Waals surface area contributed by atoms with Gasteiger partial charge < -0.3 is 4.90 Å². The number of hydrogen-bond acceptors (Lipinski definition) is 7. The molecule has 0 bridgehead atoms. The van der Waals surface area contributed by atoms with Crippen LogP contribution in [0.1, 0.15) is 40.5 Å². The van der Waals surface area contributed by atoms with Crippen molar-refractivity contribution in [2.75, 3.05) is 13.1 Å². The lowest BCUT2D eigenvalue weighted by Crippen LogP contribution is -2.40. The summed E-state index contributed by atoms with van der Waals surface area (Å²) in [6.45, 7) is 2.25. The van der Waals surface area contributed by atoms with E-state index in [4.69, 9.17) is 0 Å². The van der Waals surface area contributed by atoms with E-state index in [-0.39, 0.29) is 17.0 Å². The van der Waals surface area contributed by atoms with Crippen molar-refractivity contribution >= 4 is 22.9 Å². The number of hydrogen-bond donors (Lipinski definition) is 0. The van der Waals surface area contributed by atoms with Crippen LogP contribution in [0.5, 0.6) is 0 Å². The lowest BCUT2D eigenvalue weighted by molar-refractivity contribution is -0.394. The number of aromatic nitrogens is 3. The highest BCUT2D eigenvalue weighted by molar-refractivity contribution is 5.97. The Bertz CT molecular complexity index is 1170. The molecule has 2 aromatic heterocycles. The Balaban J connectivity index is 1.67. The third-order valence-electron chi connectivity index (χ3n) is 5.42. The van der Waals surface area contributed by atoms with Gasteiger partial charge in [0, 0.05) is 36.8 Å². The van der Waals surface area contributed by atoms with E-state index < -0.39 is 27.1 Å². The number of fused-ring (bicyclic) bond motifs is 1. The van der Waals surface area contributed by atoms with Crippen LogP contribution in [0.3, 0.4) is 0 Å². The fourth-order valence-corrected chi connectivity index (χ4v) is 3.88. The Hall–Kier alpha value is -3.89. The number of likely N-dealkylation sites (tertiary alicyclic amines) is 1. The maximum Gasteiger partial charge on any atom is 0.279 e.